The quantitative estimate of drug-likeness (QED) is 0.484. The van der Waals surface area contributed by atoms with Gasteiger partial charge in [0.05, 0.1) is 0 Å². The lowest BCUT2D eigenvalue weighted by molar-refractivity contribution is -0.143. The molecule has 0 bridgehead atoms. The molecular formula is C23H28Cl2N2O3. The molecule has 0 aromatic heterocycles. The number of hydrogen-bond donors (Lipinski definition) is 1. The second-order valence-corrected chi connectivity index (χ2v) is 7.77. The fourth-order valence-corrected chi connectivity index (χ4v) is 3.40. The number of carbonyl (C=O) groups excluding carboxylic acids is 2. The lowest BCUT2D eigenvalue weighted by atomic mass is 10.1. The average molecular weight is 451 g/mol. The molecule has 0 aliphatic rings. The van der Waals surface area contributed by atoms with Crippen molar-refractivity contribution >= 4 is 35.0 Å². The third-order valence-corrected chi connectivity index (χ3v) is 5.28. The molecule has 0 aliphatic carbocycles. The first-order chi connectivity index (χ1) is 14.5. The summed E-state index contributed by atoms with van der Waals surface area (Å²) in [6.45, 7) is 4.54. The highest BCUT2D eigenvalue weighted by molar-refractivity contribution is 6.31. The molecule has 1 N–H and O–H groups in total. The zero-order valence-corrected chi connectivity index (χ0v) is 18.9. The average Bonchev–Trinajstić information content (AvgIpc) is 2.73. The van der Waals surface area contributed by atoms with Gasteiger partial charge in [-0.15, -0.1) is 0 Å². The van der Waals surface area contributed by atoms with Gasteiger partial charge in [-0.1, -0.05) is 67.7 Å². The number of carbonyl (C=O) groups is 2. The molecule has 5 nitrogen and oxygen atoms in total. The Balaban J connectivity index is 2.19. The van der Waals surface area contributed by atoms with Gasteiger partial charge in [0.15, 0.2) is 6.61 Å². The minimum Gasteiger partial charge on any atom is -0.484 e. The van der Waals surface area contributed by atoms with Gasteiger partial charge < -0.3 is 15.0 Å². The number of rotatable bonds is 11. The summed E-state index contributed by atoms with van der Waals surface area (Å²) in [5.41, 5.74) is 0.773. The third-order valence-electron chi connectivity index (χ3n) is 4.67. The van der Waals surface area contributed by atoms with Crippen LogP contribution in [0.25, 0.3) is 0 Å². The standard InChI is InChI=1S/C23H28Cl2N2O3/c1-3-5-13-26-23(29)21(4-2)27(15-17-9-6-7-12-20(17)25)22(28)16-30-19-11-8-10-18(24)14-19/h6-12,14,21H,3-5,13,15-16H2,1-2H3,(H,26,29). The first kappa shape index (κ1) is 24.0. The van der Waals surface area contributed by atoms with E-state index in [9.17, 15) is 9.59 Å². The van der Waals surface area contributed by atoms with E-state index in [-0.39, 0.29) is 25.0 Å². The molecule has 0 radical (unpaired) electrons. The lowest BCUT2D eigenvalue weighted by Gasteiger charge is -2.30. The number of ether oxygens (including phenoxy) is 1. The fraction of sp³-hybridized carbons (Fsp3) is 0.391. The van der Waals surface area contributed by atoms with Gasteiger partial charge in [-0.3, -0.25) is 9.59 Å². The molecule has 0 saturated carbocycles. The van der Waals surface area contributed by atoms with Crippen LogP contribution in [0.5, 0.6) is 5.75 Å². The maximum Gasteiger partial charge on any atom is 0.261 e. The highest BCUT2D eigenvalue weighted by Crippen LogP contribution is 2.21. The van der Waals surface area contributed by atoms with Gasteiger partial charge >= 0.3 is 0 Å². The van der Waals surface area contributed by atoms with Crippen LogP contribution in [0.2, 0.25) is 10.0 Å². The Morgan fingerprint density at radius 2 is 1.87 bits per heavy atom. The molecule has 0 aliphatic heterocycles. The molecule has 2 rings (SSSR count). The van der Waals surface area contributed by atoms with Gasteiger partial charge in [0.1, 0.15) is 11.8 Å². The SMILES string of the molecule is CCCCNC(=O)C(CC)N(Cc1ccccc1Cl)C(=O)COc1cccc(Cl)c1. The van der Waals surface area contributed by atoms with Gasteiger partial charge in [0.2, 0.25) is 5.91 Å². The van der Waals surface area contributed by atoms with Crippen LogP contribution in [0.15, 0.2) is 48.5 Å². The van der Waals surface area contributed by atoms with Crippen molar-refractivity contribution in [3.8, 4) is 5.75 Å². The van der Waals surface area contributed by atoms with Crippen LogP contribution in [-0.2, 0) is 16.1 Å². The predicted octanol–water partition coefficient (Wildman–Crippen LogP) is 5.10. The van der Waals surface area contributed by atoms with Crippen molar-refractivity contribution in [1.29, 1.82) is 0 Å². The summed E-state index contributed by atoms with van der Waals surface area (Å²) in [7, 11) is 0. The van der Waals surface area contributed by atoms with Crippen LogP contribution in [-0.4, -0.2) is 35.9 Å². The summed E-state index contributed by atoms with van der Waals surface area (Å²) < 4.78 is 5.63. The number of amides is 2. The van der Waals surface area contributed by atoms with Crippen LogP contribution in [0, 0.1) is 0 Å². The summed E-state index contributed by atoms with van der Waals surface area (Å²) in [6.07, 6.45) is 2.34. The maximum atomic E-state index is 13.1. The van der Waals surface area contributed by atoms with Crippen molar-refractivity contribution < 1.29 is 14.3 Å². The van der Waals surface area contributed by atoms with Gasteiger partial charge in [-0.25, -0.2) is 0 Å². The molecule has 1 atom stereocenters. The van der Waals surface area contributed by atoms with Crippen LogP contribution in [0.1, 0.15) is 38.7 Å². The van der Waals surface area contributed by atoms with Crippen LogP contribution >= 0.6 is 23.2 Å². The van der Waals surface area contributed by atoms with E-state index in [1.54, 1.807) is 30.3 Å². The van der Waals surface area contributed by atoms with Crippen molar-refractivity contribution in [2.45, 2.75) is 45.7 Å². The lowest BCUT2D eigenvalue weighted by Crippen LogP contribution is -2.50. The van der Waals surface area contributed by atoms with E-state index in [0.29, 0.717) is 28.8 Å². The first-order valence-electron chi connectivity index (χ1n) is 10.1. The van der Waals surface area contributed by atoms with Crippen LogP contribution in [0.3, 0.4) is 0 Å². The van der Waals surface area contributed by atoms with Crippen molar-refractivity contribution in [2.24, 2.45) is 0 Å². The summed E-state index contributed by atoms with van der Waals surface area (Å²) in [4.78, 5) is 27.4. The zero-order chi connectivity index (χ0) is 21.9. The number of unbranched alkanes of at least 4 members (excludes halogenated alkanes) is 1. The fourth-order valence-electron chi connectivity index (χ4n) is 3.02. The Morgan fingerprint density at radius 1 is 1.10 bits per heavy atom. The number of nitrogens with one attached hydrogen (secondary N) is 1. The Bertz CT molecular complexity index is 845. The van der Waals surface area contributed by atoms with E-state index in [2.05, 4.69) is 12.2 Å². The third kappa shape index (κ3) is 7.22. The zero-order valence-electron chi connectivity index (χ0n) is 17.4. The topological polar surface area (TPSA) is 58.6 Å². The molecule has 7 heteroatoms. The van der Waals surface area contributed by atoms with Gasteiger partial charge in [-0.2, -0.15) is 0 Å². The maximum absolute atomic E-state index is 13.1. The largest absolute Gasteiger partial charge is 0.484 e. The Kier molecular flexibility index (Phi) is 9.98. The summed E-state index contributed by atoms with van der Waals surface area (Å²) >= 11 is 12.3. The van der Waals surface area contributed by atoms with E-state index in [1.165, 1.54) is 4.90 Å². The van der Waals surface area contributed by atoms with Crippen molar-refractivity contribution in [3.05, 3.63) is 64.1 Å². The molecule has 0 saturated heterocycles. The minimum atomic E-state index is -0.617. The van der Waals surface area contributed by atoms with Gasteiger partial charge in [0.25, 0.3) is 5.91 Å². The number of nitrogens with zero attached hydrogens (tertiary/aromatic N) is 1. The summed E-state index contributed by atoms with van der Waals surface area (Å²) in [5, 5.41) is 4.00. The van der Waals surface area contributed by atoms with E-state index in [4.69, 9.17) is 27.9 Å². The smallest absolute Gasteiger partial charge is 0.261 e. The second-order valence-electron chi connectivity index (χ2n) is 6.93. The van der Waals surface area contributed by atoms with Crippen molar-refractivity contribution in [3.63, 3.8) is 0 Å². The molecule has 2 amide bonds. The van der Waals surface area contributed by atoms with E-state index >= 15 is 0 Å². The number of halogens is 2. The molecule has 0 heterocycles. The van der Waals surface area contributed by atoms with E-state index in [0.717, 1.165) is 18.4 Å². The van der Waals surface area contributed by atoms with E-state index in [1.807, 2.05) is 25.1 Å². The molecular weight excluding hydrogens is 423 g/mol. The monoisotopic (exact) mass is 450 g/mol. The molecule has 2 aromatic carbocycles. The molecule has 30 heavy (non-hydrogen) atoms. The molecule has 2 aromatic rings. The second kappa shape index (κ2) is 12.5. The highest BCUT2D eigenvalue weighted by atomic mass is 35.5. The van der Waals surface area contributed by atoms with Crippen LogP contribution in [0.4, 0.5) is 0 Å². The Hall–Kier alpha value is -2.24. The first-order valence-corrected chi connectivity index (χ1v) is 10.9. The summed E-state index contributed by atoms with van der Waals surface area (Å²) in [5.74, 6) is 0.0236. The number of hydrogen-bond acceptors (Lipinski definition) is 3. The summed E-state index contributed by atoms with van der Waals surface area (Å²) in [6, 6.07) is 13.5. The van der Waals surface area contributed by atoms with Crippen LogP contribution < -0.4 is 10.1 Å². The highest BCUT2D eigenvalue weighted by Gasteiger charge is 2.29. The molecule has 162 valence electrons. The van der Waals surface area contributed by atoms with E-state index < -0.39 is 6.04 Å². The number of benzene rings is 2. The predicted molar refractivity (Wildman–Crippen MR) is 121 cm³/mol. The van der Waals surface area contributed by atoms with Gasteiger partial charge in [0, 0.05) is 23.1 Å². The minimum absolute atomic E-state index is 0.172. The van der Waals surface area contributed by atoms with Gasteiger partial charge in [-0.05, 0) is 42.7 Å². The molecule has 1 unspecified atom stereocenters. The molecule has 0 fully saturated rings. The van der Waals surface area contributed by atoms with Crippen molar-refractivity contribution in [2.75, 3.05) is 13.2 Å². The normalized spacial score (nSPS) is 11.6. The van der Waals surface area contributed by atoms with Crippen molar-refractivity contribution in [1.82, 2.24) is 10.2 Å². The Morgan fingerprint density at radius 3 is 2.53 bits per heavy atom. The molecule has 0 spiro atoms. The Labute approximate surface area is 188 Å².